The molecule has 0 radical (unpaired) electrons. The van der Waals surface area contributed by atoms with Crippen LogP contribution in [0.25, 0.3) is 0 Å². The van der Waals surface area contributed by atoms with Crippen molar-refractivity contribution in [2.24, 2.45) is 9.98 Å². The Kier molecular flexibility index (Phi) is 4.04. The van der Waals surface area contributed by atoms with E-state index in [1.807, 2.05) is 18.2 Å². The van der Waals surface area contributed by atoms with E-state index in [9.17, 15) is 0 Å². The standard InChI is InChI=1S/C24H22N2/c1-25-23(20-14-8-4-9-15-20)18-24(26-2,21-16-10-5-11-17-21)22(23)19-12-6-3-7-13-19/h3-17,22H,1-2,18H2/t22?,23-,24?/m0/s1. The third kappa shape index (κ3) is 2.26. The lowest BCUT2D eigenvalue weighted by Gasteiger charge is -2.59. The minimum absolute atomic E-state index is 0.0519. The molecular weight excluding hydrogens is 316 g/mol. The molecule has 3 aromatic rings. The lowest BCUT2D eigenvalue weighted by Crippen LogP contribution is -2.58. The van der Waals surface area contributed by atoms with Gasteiger partial charge >= 0.3 is 0 Å². The second kappa shape index (κ2) is 6.38. The van der Waals surface area contributed by atoms with Crippen molar-refractivity contribution in [3.8, 4) is 0 Å². The first-order valence-corrected chi connectivity index (χ1v) is 8.88. The summed E-state index contributed by atoms with van der Waals surface area (Å²) >= 11 is 0. The molecule has 128 valence electrons. The van der Waals surface area contributed by atoms with Crippen LogP contribution in [0.15, 0.2) is 101 Å². The summed E-state index contributed by atoms with van der Waals surface area (Å²) in [5.74, 6) is 0.0519. The van der Waals surface area contributed by atoms with Crippen molar-refractivity contribution in [1.82, 2.24) is 0 Å². The second-order valence-electron chi connectivity index (χ2n) is 6.92. The van der Waals surface area contributed by atoms with Crippen molar-refractivity contribution < 1.29 is 0 Å². The van der Waals surface area contributed by atoms with E-state index in [-0.39, 0.29) is 5.92 Å². The van der Waals surface area contributed by atoms with Crippen molar-refractivity contribution in [2.75, 3.05) is 0 Å². The summed E-state index contributed by atoms with van der Waals surface area (Å²) in [6.07, 6.45) is 0.764. The largest absolute Gasteiger partial charge is 0.289 e. The summed E-state index contributed by atoms with van der Waals surface area (Å²) < 4.78 is 0. The molecule has 0 heterocycles. The molecule has 0 bridgehead atoms. The summed E-state index contributed by atoms with van der Waals surface area (Å²) in [7, 11) is 0. The quantitative estimate of drug-likeness (QED) is 0.559. The fourth-order valence-electron chi connectivity index (χ4n) is 4.54. The molecule has 1 aliphatic carbocycles. The smallest absolute Gasteiger partial charge is 0.0970 e. The highest BCUT2D eigenvalue weighted by Crippen LogP contribution is 2.67. The average Bonchev–Trinajstić information content (AvgIpc) is 2.71. The third-order valence-electron chi connectivity index (χ3n) is 5.74. The van der Waals surface area contributed by atoms with Gasteiger partial charge in [0.15, 0.2) is 0 Å². The van der Waals surface area contributed by atoms with Gasteiger partial charge in [-0.3, -0.25) is 9.98 Å². The molecule has 4 rings (SSSR count). The fraction of sp³-hybridized carbons (Fsp3) is 0.167. The molecular formula is C24H22N2. The minimum atomic E-state index is -0.403. The molecule has 3 atom stereocenters. The van der Waals surface area contributed by atoms with Crippen molar-refractivity contribution in [3.05, 3.63) is 108 Å². The molecule has 26 heavy (non-hydrogen) atoms. The SMILES string of the molecule is C=NC1(c2ccccc2)C[C@](N=C)(c2ccccc2)C1c1ccccc1. The maximum atomic E-state index is 4.68. The molecule has 1 aliphatic rings. The van der Waals surface area contributed by atoms with Crippen LogP contribution < -0.4 is 0 Å². The van der Waals surface area contributed by atoms with Gasteiger partial charge in [-0.15, -0.1) is 0 Å². The number of hydrogen-bond donors (Lipinski definition) is 0. The lowest BCUT2D eigenvalue weighted by atomic mass is 9.48. The van der Waals surface area contributed by atoms with Crippen LogP contribution in [-0.4, -0.2) is 13.4 Å². The van der Waals surface area contributed by atoms with Crippen LogP contribution in [0.4, 0.5) is 0 Å². The van der Waals surface area contributed by atoms with Gasteiger partial charge in [0.2, 0.25) is 0 Å². The highest BCUT2D eigenvalue weighted by atomic mass is 15.0. The maximum absolute atomic E-state index is 4.68. The number of benzene rings is 3. The Bertz CT molecular complexity index is 847. The first-order valence-electron chi connectivity index (χ1n) is 8.88. The third-order valence-corrected chi connectivity index (χ3v) is 5.74. The molecule has 0 aromatic heterocycles. The zero-order chi connectivity index (χ0) is 18.0. The van der Waals surface area contributed by atoms with Crippen LogP contribution in [0.5, 0.6) is 0 Å². The van der Waals surface area contributed by atoms with Gasteiger partial charge < -0.3 is 0 Å². The van der Waals surface area contributed by atoms with Gasteiger partial charge in [0.05, 0.1) is 11.1 Å². The number of hydrogen-bond acceptors (Lipinski definition) is 2. The van der Waals surface area contributed by atoms with Gasteiger partial charge in [-0.05, 0) is 30.1 Å². The van der Waals surface area contributed by atoms with Gasteiger partial charge in [-0.1, -0.05) is 91.0 Å². The van der Waals surface area contributed by atoms with Gasteiger partial charge in [0.1, 0.15) is 0 Å². The normalized spacial score (nSPS) is 27.3. The molecule has 1 saturated carbocycles. The molecule has 2 heteroatoms. The van der Waals surface area contributed by atoms with E-state index in [4.69, 9.17) is 0 Å². The molecule has 1 fully saturated rings. The molecule has 0 saturated heterocycles. The van der Waals surface area contributed by atoms with E-state index in [1.165, 1.54) is 16.7 Å². The van der Waals surface area contributed by atoms with E-state index in [2.05, 4.69) is 96.2 Å². The predicted molar refractivity (Wildman–Crippen MR) is 109 cm³/mol. The zero-order valence-corrected chi connectivity index (χ0v) is 14.8. The number of rotatable bonds is 5. The number of nitrogens with zero attached hydrogens (tertiary/aromatic N) is 2. The average molecular weight is 338 g/mol. The first-order chi connectivity index (χ1) is 12.8. The van der Waals surface area contributed by atoms with Crippen molar-refractivity contribution in [1.29, 1.82) is 0 Å². The Morgan fingerprint density at radius 3 is 1.38 bits per heavy atom. The molecule has 0 amide bonds. The molecule has 0 N–H and O–H groups in total. The van der Waals surface area contributed by atoms with Gasteiger partial charge in [0, 0.05) is 12.3 Å². The summed E-state index contributed by atoms with van der Waals surface area (Å²) in [4.78, 5) is 9.37. The maximum Gasteiger partial charge on any atom is 0.0970 e. The summed E-state index contributed by atoms with van der Waals surface area (Å²) in [6.45, 7) is 7.98. The Morgan fingerprint density at radius 2 is 1.00 bits per heavy atom. The van der Waals surface area contributed by atoms with Gasteiger partial charge in [-0.2, -0.15) is 0 Å². The summed E-state index contributed by atoms with van der Waals surface area (Å²) in [6, 6.07) is 31.4. The van der Waals surface area contributed by atoms with E-state index < -0.39 is 11.1 Å². The van der Waals surface area contributed by atoms with Gasteiger partial charge in [0.25, 0.3) is 0 Å². The second-order valence-corrected chi connectivity index (χ2v) is 6.92. The zero-order valence-electron chi connectivity index (χ0n) is 14.8. The molecule has 0 spiro atoms. The van der Waals surface area contributed by atoms with Gasteiger partial charge in [-0.25, -0.2) is 0 Å². The Morgan fingerprint density at radius 1 is 0.615 bits per heavy atom. The molecule has 3 aromatic carbocycles. The molecule has 2 unspecified atom stereocenters. The van der Waals surface area contributed by atoms with E-state index in [1.54, 1.807) is 0 Å². The molecule has 0 aliphatic heterocycles. The summed E-state index contributed by atoms with van der Waals surface area (Å²) in [5.41, 5.74) is 2.77. The topological polar surface area (TPSA) is 24.7 Å². The Hall–Kier alpha value is -3.00. The van der Waals surface area contributed by atoms with Crippen molar-refractivity contribution >= 4 is 13.4 Å². The number of aliphatic imine (C=N–C) groups is 2. The highest BCUT2D eigenvalue weighted by Gasteiger charge is 2.65. The van der Waals surface area contributed by atoms with E-state index >= 15 is 0 Å². The highest BCUT2D eigenvalue weighted by molar-refractivity contribution is 5.52. The van der Waals surface area contributed by atoms with Crippen LogP contribution >= 0.6 is 0 Å². The van der Waals surface area contributed by atoms with E-state index in [0.717, 1.165) is 6.42 Å². The van der Waals surface area contributed by atoms with Crippen LogP contribution in [0.2, 0.25) is 0 Å². The van der Waals surface area contributed by atoms with Crippen molar-refractivity contribution in [2.45, 2.75) is 23.4 Å². The molecule has 2 nitrogen and oxygen atoms in total. The summed E-state index contributed by atoms with van der Waals surface area (Å²) in [5, 5.41) is 0. The monoisotopic (exact) mass is 338 g/mol. The van der Waals surface area contributed by atoms with Crippen LogP contribution in [-0.2, 0) is 11.1 Å². The van der Waals surface area contributed by atoms with Crippen LogP contribution in [0.1, 0.15) is 29.0 Å². The Labute approximate surface area is 155 Å². The minimum Gasteiger partial charge on any atom is -0.289 e. The fourth-order valence-corrected chi connectivity index (χ4v) is 4.54. The Balaban J connectivity index is 1.93. The predicted octanol–water partition coefficient (Wildman–Crippen LogP) is 5.37. The van der Waals surface area contributed by atoms with E-state index in [0.29, 0.717) is 0 Å². The van der Waals surface area contributed by atoms with Crippen molar-refractivity contribution in [3.63, 3.8) is 0 Å². The lowest BCUT2D eigenvalue weighted by molar-refractivity contribution is 0.0669. The van der Waals surface area contributed by atoms with Crippen LogP contribution in [0.3, 0.4) is 0 Å². The van der Waals surface area contributed by atoms with Crippen LogP contribution in [0, 0.1) is 0 Å². The first kappa shape index (κ1) is 16.5.